The number of amides is 2. The van der Waals surface area contributed by atoms with Gasteiger partial charge < -0.3 is 16.0 Å². The van der Waals surface area contributed by atoms with Gasteiger partial charge in [0.05, 0.1) is 10.6 Å². The molecular formula is C34H37N5O2S. The van der Waals surface area contributed by atoms with Crippen LogP contribution in [0, 0.1) is 12.8 Å². The number of nitrogens with zero attached hydrogens (tertiary/aromatic N) is 2. The van der Waals surface area contributed by atoms with Crippen LogP contribution in [0.25, 0.3) is 11.3 Å². The maximum atomic E-state index is 13.1. The van der Waals surface area contributed by atoms with Crippen LogP contribution in [0.3, 0.4) is 0 Å². The first-order valence-electron chi connectivity index (χ1n) is 15.0. The Morgan fingerprint density at radius 3 is 2.50 bits per heavy atom. The highest BCUT2D eigenvalue weighted by Gasteiger charge is 2.21. The first kappa shape index (κ1) is 28.1. The van der Waals surface area contributed by atoms with Crippen LogP contribution in [0.15, 0.2) is 60.8 Å². The highest BCUT2D eigenvalue weighted by atomic mass is 32.1. The number of benzene rings is 2. The molecule has 0 radical (unpaired) electrons. The number of hydrogen-bond donors (Lipinski definition) is 3. The summed E-state index contributed by atoms with van der Waals surface area (Å²) in [6, 6.07) is 17.5. The lowest BCUT2D eigenvalue weighted by atomic mass is 9.87. The van der Waals surface area contributed by atoms with Crippen molar-refractivity contribution in [3.05, 3.63) is 87.2 Å². The molecular weight excluding hydrogens is 542 g/mol. The van der Waals surface area contributed by atoms with E-state index in [9.17, 15) is 9.59 Å². The number of carbonyl (C=O) groups is 2. The minimum atomic E-state index is -0.0647. The molecule has 0 saturated heterocycles. The van der Waals surface area contributed by atoms with Crippen LogP contribution < -0.4 is 16.0 Å². The fourth-order valence-corrected chi connectivity index (χ4v) is 7.06. The average Bonchev–Trinajstić information content (AvgIpc) is 3.45. The van der Waals surface area contributed by atoms with E-state index in [2.05, 4.69) is 33.9 Å². The number of aryl methyl sites for hydroxylation is 2. The van der Waals surface area contributed by atoms with Gasteiger partial charge in [-0.15, -0.1) is 11.3 Å². The molecule has 7 nitrogen and oxygen atoms in total. The van der Waals surface area contributed by atoms with E-state index >= 15 is 0 Å². The van der Waals surface area contributed by atoms with E-state index in [0.29, 0.717) is 11.5 Å². The third kappa shape index (κ3) is 6.39. The summed E-state index contributed by atoms with van der Waals surface area (Å²) in [5, 5.41) is 9.56. The quantitative estimate of drug-likeness (QED) is 0.209. The lowest BCUT2D eigenvalue weighted by Crippen LogP contribution is -2.37. The zero-order chi connectivity index (χ0) is 29.1. The van der Waals surface area contributed by atoms with E-state index < -0.39 is 0 Å². The number of aromatic nitrogens is 2. The SMILES string of the molecule is Cc1c(NC(=O)c2cc3c(s2)CCCC3)cccc1-c1ccnc(Nc2ccc(C(=O)NC3CCC(C)CC3)cc2)n1. The standard InChI is InChI=1S/C34H37N5O2S/c1-21-10-14-25(15-11-21)36-32(40)23-12-16-26(17-13-23)37-34-35-19-18-29(39-34)27-7-5-8-28(22(27)2)38-33(41)31-20-24-6-3-4-9-30(24)42-31/h5,7-8,12-13,16-21,25H,3-4,6,9-11,14-15H2,1-2H3,(H,36,40)(H,38,41)(H,35,37,39). The van der Waals surface area contributed by atoms with Gasteiger partial charge in [-0.1, -0.05) is 19.1 Å². The van der Waals surface area contributed by atoms with Gasteiger partial charge in [0.1, 0.15) is 0 Å². The number of carbonyl (C=O) groups excluding carboxylic acids is 2. The number of anilines is 3. The molecule has 0 atom stereocenters. The van der Waals surface area contributed by atoms with Crippen LogP contribution in [0.2, 0.25) is 0 Å². The van der Waals surface area contributed by atoms with E-state index in [0.717, 1.165) is 64.7 Å². The molecule has 2 aromatic carbocycles. The number of nitrogens with one attached hydrogen (secondary N) is 3. The highest BCUT2D eigenvalue weighted by molar-refractivity contribution is 7.14. The first-order valence-corrected chi connectivity index (χ1v) is 15.8. The second-order valence-electron chi connectivity index (χ2n) is 11.6. The summed E-state index contributed by atoms with van der Waals surface area (Å²) in [4.78, 5) is 37.1. The molecule has 0 aliphatic heterocycles. The summed E-state index contributed by atoms with van der Waals surface area (Å²) < 4.78 is 0. The number of thiophene rings is 1. The fraction of sp³-hybridized carbons (Fsp3) is 0.353. The van der Waals surface area contributed by atoms with Gasteiger partial charge in [0.15, 0.2) is 0 Å². The zero-order valence-electron chi connectivity index (χ0n) is 24.2. The Labute approximate surface area is 251 Å². The van der Waals surface area contributed by atoms with E-state index in [1.807, 2.05) is 55.5 Å². The maximum Gasteiger partial charge on any atom is 0.265 e. The van der Waals surface area contributed by atoms with Crippen molar-refractivity contribution < 1.29 is 9.59 Å². The molecule has 2 aliphatic carbocycles. The lowest BCUT2D eigenvalue weighted by Gasteiger charge is -2.26. The molecule has 0 spiro atoms. The maximum absolute atomic E-state index is 13.1. The molecule has 1 fully saturated rings. The van der Waals surface area contributed by atoms with Crippen molar-refractivity contribution in [1.82, 2.24) is 15.3 Å². The largest absolute Gasteiger partial charge is 0.349 e. The van der Waals surface area contributed by atoms with Crippen molar-refractivity contribution >= 4 is 40.5 Å². The predicted octanol–water partition coefficient (Wildman–Crippen LogP) is 7.70. The Bertz CT molecular complexity index is 1560. The molecule has 2 aromatic heterocycles. The molecule has 3 N–H and O–H groups in total. The van der Waals surface area contributed by atoms with E-state index in [-0.39, 0.29) is 17.9 Å². The van der Waals surface area contributed by atoms with Crippen LogP contribution in [-0.4, -0.2) is 27.8 Å². The molecule has 4 aromatic rings. The van der Waals surface area contributed by atoms with Crippen LogP contribution in [0.1, 0.15) is 81.5 Å². The molecule has 0 bridgehead atoms. The van der Waals surface area contributed by atoms with E-state index in [1.165, 1.54) is 36.1 Å². The third-order valence-electron chi connectivity index (χ3n) is 8.49. The first-order chi connectivity index (χ1) is 20.4. The number of hydrogen-bond acceptors (Lipinski definition) is 6. The van der Waals surface area contributed by atoms with Crippen LogP contribution in [0.4, 0.5) is 17.3 Å². The summed E-state index contributed by atoms with van der Waals surface area (Å²) in [6.45, 7) is 4.27. The molecule has 2 aliphatic rings. The second-order valence-corrected chi connectivity index (χ2v) is 12.7. The molecule has 216 valence electrons. The van der Waals surface area contributed by atoms with Crippen molar-refractivity contribution in [1.29, 1.82) is 0 Å². The van der Waals surface area contributed by atoms with Crippen molar-refractivity contribution in [2.24, 2.45) is 5.92 Å². The summed E-state index contributed by atoms with van der Waals surface area (Å²) in [6.07, 6.45) is 10.7. The normalized spacial score (nSPS) is 18.1. The van der Waals surface area contributed by atoms with E-state index in [4.69, 9.17) is 4.98 Å². The van der Waals surface area contributed by atoms with E-state index in [1.54, 1.807) is 17.5 Å². The van der Waals surface area contributed by atoms with Gasteiger partial charge in [0, 0.05) is 39.6 Å². The molecule has 6 rings (SSSR count). The minimum Gasteiger partial charge on any atom is -0.349 e. The average molecular weight is 580 g/mol. The molecule has 8 heteroatoms. The monoisotopic (exact) mass is 579 g/mol. The van der Waals surface area contributed by atoms with Crippen LogP contribution in [-0.2, 0) is 12.8 Å². The molecule has 2 amide bonds. The molecule has 42 heavy (non-hydrogen) atoms. The fourth-order valence-electron chi connectivity index (χ4n) is 5.91. The molecule has 2 heterocycles. The lowest BCUT2D eigenvalue weighted by molar-refractivity contribution is 0.0922. The summed E-state index contributed by atoms with van der Waals surface area (Å²) in [5.41, 5.74) is 6.17. The summed E-state index contributed by atoms with van der Waals surface area (Å²) >= 11 is 1.62. The van der Waals surface area contributed by atoms with Gasteiger partial charge >= 0.3 is 0 Å². The molecule has 1 saturated carbocycles. The number of fused-ring (bicyclic) bond motifs is 1. The summed E-state index contributed by atoms with van der Waals surface area (Å²) in [7, 11) is 0. The second kappa shape index (κ2) is 12.4. The predicted molar refractivity (Wildman–Crippen MR) is 170 cm³/mol. The smallest absolute Gasteiger partial charge is 0.265 e. The Morgan fingerprint density at radius 2 is 1.71 bits per heavy atom. The van der Waals surface area contributed by atoms with Gasteiger partial charge in [-0.3, -0.25) is 9.59 Å². The minimum absolute atomic E-state index is 0.0273. The zero-order valence-corrected chi connectivity index (χ0v) is 25.0. The topological polar surface area (TPSA) is 96.0 Å². The third-order valence-corrected chi connectivity index (χ3v) is 9.72. The Morgan fingerprint density at radius 1 is 0.929 bits per heavy atom. The van der Waals surface area contributed by atoms with Gasteiger partial charge in [0.2, 0.25) is 5.95 Å². The highest BCUT2D eigenvalue weighted by Crippen LogP contribution is 2.32. The van der Waals surface area contributed by atoms with Crippen LogP contribution >= 0.6 is 11.3 Å². The van der Waals surface area contributed by atoms with Crippen LogP contribution in [0.5, 0.6) is 0 Å². The Balaban J connectivity index is 1.12. The number of rotatable bonds is 7. The van der Waals surface area contributed by atoms with Gasteiger partial charge in [-0.25, -0.2) is 9.97 Å². The van der Waals surface area contributed by atoms with Gasteiger partial charge in [-0.05, 0) is 118 Å². The van der Waals surface area contributed by atoms with Crippen molar-refractivity contribution in [3.8, 4) is 11.3 Å². The Kier molecular flexibility index (Phi) is 8.33. The van der Waals surface area contributed by atoms with Crippen molar-refractivity contribution in [3.63, 3.8) is 0 Å². The van der Waals surface area contributed by atoms with Crippen molar-refractivity contribution in [2.75, 3.05) is 10.6 Å². The van der Waals surface area contributed by atoms with Crippen molar-refractivity contribution in [2.45, 2.75) is 71.3 Å². The summed E-state index contributed by atoms with van der Waals surface area (Å²) in [5.74, 6) is 1.12. The van der Waals surface area contributed by atoms with Gasteiger partial charge in [0.25, 0.3) is 11.8 Å². The van der Waals surface area contributed by atoms with Gasteiger partial charge in [-0.2, -0.15) is 0 Å². The molecule has 0 unspecified atom stereocenters. The Hall–Kier alpha value is -4.04.